The Kier molecular flexibility index (Phi) is 2.34. The van der Waals surface area contributed by atoms with E-state index < -0.39 is 0 Å². The van der Waals surface area contributed by atoms with Gasteiger partial charge in [0.2, 0.25) is 0 Å². The molecular weight excluding hydrogens is 184 g/mol. The molecule has 2 rings (SSSR count). The maximum Gasteiger partial charge on any atom is 0.123 e. The first-order chi connectivity index (χ1) is 6.98. The third-order valence-corrected chi connectivity index (χ3v) is 2.80. The van der Waals surface area contributed by atoms with E-state index in [1.54, 1.807) is 0 Å². The van der Waals surface area contributed by atoms with Crippen LogP contribution < -0.4 is 4.74 Å². The Labute approximate surface area is 91.8 Å². The van der Waals surface area contributed by atoms with Crippen LogP contribution in [-0.2, 0) is 11.8 Å². The second-order valence-electron chi connectivity index (χ2n) is 5.25. The Morgan fingerprint density at radius 1 is 1.27 bits per heavy atom. The number of ether oxygens (including phenoxy) is 1. The highest BCUT2D eigenvalue weighted by Crippen LogP contribution is 2.35. The SMILES string of the molecule is C=C1COc2cccc(C(C)(C)C)c2C1. The molecule has 1 aliphatic rings. The van der Waals surface area contributed by atoms with E-state index in [0.717, 1.165) is 12.2 Å². The van der Waals surface area contributed by atoms with E-state index in [1.807, 2.05) is 0 Å². The van der Waals surface area contributed by atoms with Gasteiger partial charge in [-0.1, -0.05) is 39.5 Å². The van der Waals surface area contributed by atoms with Crippen LogP contribution in [0.15, 0.2) is 30.4 Å². The summed E-state index contributed by atoms with van der Waals surface area (Å²) in [6.07, 6.45) is 0.961. The fraction of sp³-hybridized carbons (Fsp3) is 0.429. The summed E-state index contributed by atoms with van der Waals surface area (Å²) >= 11 is 0. The predicted octanol–water partition coefficient (Wildman–Crippen LogP) is 3.48. The average Bonchev–Trinajstić information content (AvgIpc) is 2.15. The molecule has 1 aromatic carbocycles. The molecule has 1 aliphatic heterocycles. The monoisotopic (exact) mass is 202 g/mol. The zero-order valence-electron chi connectivity index (χ0n) is 9.76. The van der Waals surface area contributed by atoms with Crippen LogP contribution >= 0.6 is 0 Å². The molecule has 1 aromatic rings. The largest absolute Gasteiger partial charge is 0.489 e. The van der Waals surface area contributed by atoms with E-state index in [0.29, 0.717) is 6.61 Å². The first-order valence-corrected chi connectivity index (χ1v) is 5.40. The van der Waals surface area contributed by atoms with Crippen LogP contribution in [0.4, 0.5) is 0 Å². The molecule has 0 saturated carbocycles. The van der Waals surface area contributed by atoms with Gasteiger partial charge in [-0.05, 0) is 22.6 Å². The standard InChI is InChI=1S/C14H18O/c1-10-8-11-12(14(2,3)4)6-5-7-13(11)15-9-10/h5-7H,1,8-9H2,2-4H3. The highest BCUT2D eigenvalue weighted by Gasteiger charge is 2.23. The Balaban J connectivity index is 2.53. The highest BCUT2D eigenvalue weighted by molar-refractivity contribution is 5.47. The minimum absolute atomic E-state index is 0.173. The lowest BCUT2D eigenvalue weighted by molar-refractivity contribution is 0.330. The van der Waals surface area contributed by atoms with Gasteiger partial charge >= 0.3 is 0 Å². The third-order valence-electron chi connectivity index (χ3n) is 2.80. The van der Waals surface area contributed by atoms with Gasteiger partial charge in [-0.3, -0.25) is 0 Å². The quantitative estimate of drug-likeness (QED) is 0.585. The molecule has 0 radical (unpaired) electrons. The molecule has 0 aromatic heterocycles. The van der Waals surface area contributed by atoms with Gasteiger partial charge in [0.1, 0.15) is 12.4 Å². The topological polar surface area (TPSA) is 9.23 Å². The van der Waals surface area contributed by atoms with Crippen molar-refractivity contribution < 1.29 is 4.74 Å². The summed E-state index contributed by atoms with van der Waals surface area (Å²) in [5.41, 5.74) is 4.04. The summed E-state index contributed by atoms with van der Waals surface area (Å²) in [6.45, 7) is 11.4. The van der Waals surface area contributed by atoms with Crippen molar-refractivity contribution >= 4 is 0 Å². The van der Waals surface area contributed by atoms with Crippen molar-refractivity contribution in [2.24, 2.45) is 0 Å². The van der Waals surface area contributed by atoms with Crippen molar-refractivity contribution in [2.75, 3.05) is 6.61 Å². The fourth-order valence-electron chi connectivity index (χ4n) is 2.07. The van der Waals surface area contributed by atoms with E-state index in [9.17, 15) is 0 Å². The highest BCUT2D eigenvalue weighted by atomic mass is 16.5. The minimum Gasteiger partial charge on any atom is -0.489 e. The molecule has 0 saturated heterocycles. The van der Waals surface area contributed by atoms with Gasteiger partial charge in [0.15, 0.2) is 0 Å². The lowest BCUT2D eigenvalue weighted by atomic mass is 9.81. The van der Waals surface area contributed by atoms with Crippen LogP contribution in [0.5, 0.6) is 5.75 Å². The van der Waals surface area contributed by atoms with Crippen molar-refractivity contribution in [3.8, 4) is 5.75 Å². The molecule has 1 heterocycles. The smallest absolute Gasteiger partial charge is 0.123 e. The summed E-state index contributed by atoms with van der Waals surface area (Å²) in [5.74, 6) is 1.04. The second kappa shape index (κ2) is 3.41. The van der Waals surface area contributed by atoms with Crippen LogP contribution in [-0.4, -0.2) is 6.61 Å². The van der Waals surface area contributed by atoms with Crippen molar-refractivity contribution in [3.05, 3.63) is 41.5 Å². The van der Waals surface area contributed by atoms with Gasteiger partial charge in [-0.25, -0.2) is 0 Å². The third kappa shape index (κ3) is 1.92. The minimum atomic E-state index is 0.173. The summed E-state index contributed by atoms with van der Waals surface area (Å²) in [7, 11) is 0. The average molecular weight is 202 g/mol. The molecule has 0 unspecified atom stereocenters. The predicted molar refractivity (Wildman–Crippen MR) is 63.5 cm³/mol. The molecule has 0 aliphatic carbocycles. The molecule has 0 bridgehead atoms. The van der Waals surface area contributed by atoms with Gasteiger partial charge in [-0.2, -0.15) is 0 Å². The molecule has 0 spiro atoms. The maximum atomic E-state index is 5.67. The first-order valence-electron chi connectivity index (χ1n) is 5.40. The van der Waals surface area contributed by atoms with Crippen molar-refractivity contribution in [3.63, 3.8) is 0 Å². The molecule has 0 N–H and O–H groups in total. The Morgan fingerprint density at radius 3 is 2.67 bits per heavy atom. The molecule has 1 nitrogen and oxygen atoms in total. The van der Waals surface area contributed by atoms with Crippen LogP contribution in [0.3, 0.4) is 0 Å². The lowest BCUT2D eigenvalue weighted by Crippen LogP contribution is -2.19. The summed E-state index contributed by atoms with van der Waals surface area (Å²) in [6, 6.07) is 6.32. The van der Waals surface area contributed by atoms with Crippen LogP contribution in [0, 0.1) is 0 Å². The van der Waals surface area contributed by atoms with E-state index in [1.165, 1.54) is 16.7 Å². The Hall–Kier alpha value is -1.24. The van der Waals surface area contributed by atoms with Gasteiger partial charge in [0.05, 0.1) is 0 Å². The second-order valence-corrected chi connectivity index (χ2v) is 5.25. The Bertz CT molecular complexity index is 396. The van der Waals surface area contributed by atoms with Gasteiger partial charge in [0.25, 0.3) is 0 Å². The normalized spacial score (nSPS) is 15.8. The van der Waals surface area contributed by atoms with Gasteiger partial charge < -0.3 is 4.74 Å². The zero-order valence-corrected chi connectivity index (χ0v) is 9.76. The molecule has 1 heteroatoms. The maximum absolute atomic E-state index is 5.67. The molecular formula is C14H18O. The van der Waals surface area contributed by atoms with Crippen molar-refractivity contribution in [1.82, 2.24) is 0 Å². The lowest BCUT2D eigenvalue weighted by Gasteiger charge is -2.28. The van der Waals surface area contributed by atoms with E-state index in [4.69, 9.17) is 4.74 Å². The molecule has 80 valence electrons. The summed E-state index contributed by atoms with van der Waals surface area (Å²) in [5, 5.41) is 0. The molecule has 15 heavy (non-hydrogen) atoms. The number of rotatable bonds is 0. The fourth-order valence-corrected chi connectivity index (χ4v) is 2.07. The summed E-state index contributed by atoms with van der Waals surface area (Å²) in [4.78, 5) is 0. The van der Waals surface area contributed by atoms with Crippen molar-refractivity contribution in [1.29, 1.82) is 0 Å². The van der Waals surface area contributed by atoms with Crippen LogP contribution in [0.2, 0.25) is 0 Å². The number of fused-ring (bicyclic) bond motifs is 1. The number of benzene rings is 1. The molecule has 0 amide bonds. The van der Waals surface area contributed by atoms with Crippen LogP contribution in [0.25, 0.3) is 0 Å². The van der Waals surface area contributed by atoms with Gasteiger partial charge in [-0.15, -0.1) is 0 Å². The van der Waals surface area contributed by atoms with Crippen LogP contribution in [0.1, 0.15) is 31.9 Å². The first kappa shape index (κ1) is 10.3. The summed E-state index contributed by atoms with van der Waals surface area (Å²) < 4.78 is 5.67. The van der Waals surface area contributed by atoms with E-state index in [-0.39, 0.29) is 5.41 Å². The Morgan fingerprint density at radius 2 is 2.00 bits per heavy atom. The zero-order chi connectivity index (χ0) is 11.1. The number of hydrogen-bond donors (Lipinski definition) is 0. The number of hydrogen-bond acceptors (Lipinski definition) is 1. The van der Waals surface area contributed by atoms with Gasteiger partial charge in [0, 0.05) is 12.0 Å². The van der Waals surface area contributed by atoms with Crippen molar-refractivity contribution in [2.45, 2.75) is 32.6 Å². The molecule has 0 atom stereocenters. The van der Waals surface area contributed by atoms with E-state index in [2.05, 4.69) is 45.5 Å². The molecule has 0 fully saturated rings. The van der Waals surface area contributed by atoms with E-state index >= 15 is 0 Å².